The lowest BCUT2D eigenvalue weighted by Crippen LogP contribution is -2.47. The van der Waals surface area contributed by atoms with Crippen molar-refractivity contribution in [3.8, 4) is 0 Å². The first kappa shape index (κ1) is 14.5. The summed E-state index contributed by atoms with van der Waals surface area (Å²) in [5.41, 5.74) is 3.13. The van der Waals surface area contributed by atoms with Gasteiger partial charge in [0.1, 0.15) is 0 Å². The molecule has 0 bridgehead atoms. The van der Waals surface area contributed by atoms with Gasteiger partial charge in [0.05, 0.1) is 0 Å². The van der Waals surface area contributed by atoms with Crippen molar-refractivity contribution in [3.05, 3.63) is 29.6 Å². The van der Waals surface area contributed by atoms with Gasteiger partial charge in [0.2, 0.25) is 0 Å². The van der Waals surface area contributed by atoms with Gasteiger partial charge in [0, 0.05) is 23.9 Å². The molecule has 2 unspecified atom stereocenters. The number of hydrogen-bond acceptors (Lipinski definition) is 2. The highest BCUT2D eigenvalue weighted by atomic mass is 14.9. The Morgan fingerprint density at radius 3 is 2.89 bits per heavy atom. The fourth-order valence-electron chi connectivity index (χ4n) is 3.37. The zero-order chi connectivity index (χ0) is 13.9. The molecule has 0 amide bonds. The number of fused-ring (bicyclic) bond motifs is 1. The van der Waals surface area contributed by atoms with E-state index in [1.54, 1.807) is 0 Å². The third-order valence-electron chi connectivity index (χ3n) is 4.82. The Morgan fingerprint density at radius 1 is 1.42 bits per heavy atom. The van der Waals surface area contributed by atoms with Crippen LogP contribution in [0.15, 0.2) is 18.3 Å². The number of pyridine rings is 1. The molecule has 1 aromatic heterocycles. The quantitative estimate of drug-likeness (QED) is 0.868. The number of nitrogens with zero attached hydrogens (tertiary/aromatic N) is 1. The van der Waals surface area contributed by atoms with E-state index in [4.69, 9.17) is 4.98 Å². The average molecular weight is 260 g/mol. The second-order valence-electron chi connectivity index (χ2n) is 6.42. The molecule has 1 heterocycles. The fraction of sp³-hybridized carbons (Fsp3) is 0.706. The van der Waals surface area contributed by atoms with Crippen molar-refractivity contribution in [1.29, 1.82) is 0 Å². The molecule has 0 radical (unpaired) electrons. The van der Waals surface area contributed by atoms with Gasteiger partial charge in [-0.1, -0.05) is 33.8 Å². The van der Waals surface area contributed by atoms with E-state index in [2.05, 4.69) is 45.1 Å². The van der Waals surface area contributed by atoms with Gasteiger partial charge in [-0.05, 0) is 49.3 Å². The Hall–Kier alpha value is -0.890. The summed E-state index contributed by atoms with van der Waals surface area (Å²) in [5.74, 6) is 0.569. The first-order valence-corrected chi connectivity index (χ1v) is 7.77. The number of likely N-dealkylation sites (N-methyl/N-ethyl adjacent to an activating group) is 1. The summed E-state index contributed by atoms with van der Waals surface area (Å²) >= 11 is 0. The summed E-state index contributed by atoms with van der Waals surface area (Å²) in [6.45, 7) is 10.3. The number of rotatable bonds is 5. The zero-order valence-electron chi connectivity index (χ0n) is 12.9. The number of nitrogens with one attached hydrogen (secondary N) is 1. The Balaban J connectivity index is 2.33. The van der Waals surface area contributed by atoms with Crippen LogP contribution in [-0.4, -0.2) is 17.6 Å². The molecule has 106 valence electrons. The molecule has 0 aliphatic heterocycles. The summed E-state index contributed by atoms with van der Waals surface area (Å²) in [7, 11) is 0. The van der Waals surface area contributed by atoms with E-state index in [1.807, 2.05) is 6.20 Å². The van der Waals surface area contributed by atoms with Crippen molar-refractivity contribution < 1.29 is 0 Å². The molecule has 2 rings (SSSR count). The minimum Gasteiger partial charge on any atom is -0.313 e. The van der Waals surface area contributed by atoms with Gasteiger partial charge < -0.3 is 5.32 Å². The van der Waals surface area contributed by atoms with Gasteiger partial charge >= 0.3 is 0 Å². The molecule has 0 spiro atoms. The summed E-state index contributed by atoms with van der Waals surface area (Å²) in [6, 6.07) is 4.86. The SMILES string of the molecule is CCNC(C1CCCc2cccnc21)C(C)(C)CC. The van der Waals surface area contributed by atoms with E-state index in [0.717, 1.165) is 6.54 Å². The minimum atomic E-state index is 0.312. The van der Waals surface area contributed by atoms with E-state index < -0.39 is 0 Å². The lowest BCUT2D eigenvalue weighted by molar-refractivity contribution is 0.190. The predicted octanol–water partition coefficient (Wildman–Crippen LogP) is 3.92. The summed E-state index contributed by atoms with van der Waals surface area (Å²) in [6.07, 6.45) is 6.92. The molecule has 1 aliphatic rings. The van der Waals surface area contributed by atoms with Crippen LogP contribution < -0.4 is 5.32 Å². The van der Waals surface area contributed by atoms with Gasteiger partial charge in [-0.25, -0.2) is 0 Å². The van der Waals surface area contributed by atoms with Crippen molar-refractivity contribution in [2.45, 2.75) is 65.3 Å². The number of aromatic nitrogens is 1. The molecule has 0 saturated carbocycles. The third kappa shape index (κ3) is 3.00. The highest BCUT2D eigenvalue weighted by Gasteiger charge is 2.37. The number of hydrogen-bond donors (Lipinski definition) is 1. The van der Waals surface area contributed by atoms with Gasteiger partial charge in [-0.3, -0.25) is 4.98 Å². The van der Waals surface area contributed by atoms with Gasteiger partial charge in [0.15, 0.2) is 0 Å². The molecule has 1 aromatic rings. The van der Waals surface area contributed by atoms with Crippen LogP contribution in [-0.2, 0) is 6.42 Å². The lowest BCUT2D eigenvalue weighted by atomic mass is 9.70. The van der Waals surface area contributed by atoms with E-state index >= 15 is 0 Å². The van der Waals surface area contributed by atoms with Crippen LogP contribution in [0.5, 0.6) is 0 Å². The highest BCUT2D eigenvalue weighted by Crippen LogP contribution is 2.40. The normalized spacial score (nSPS) is 20.9. The molecular weight excluding hydrogens is 232 g/mol. The van der Waals surface area contributed by atoms with E-state index in [-0.39, 0.29) is 0 Å². The summed E-state index contributed by atoms with van der Waals surface area (Å²) in [4.78, 5) is 4.71. The zero-order valence-corrected chi connectivity index (χ0v) is 12.9. The third-order valence-corrected chi connectivity index (χ3v) is 4.82. The Kier molecular flexibility index (Phi) is 4.62. The lowest BCUT2D eigenvalue weighted by Gasteiger charge is -2.41. The van der Waals surface area contributed by atoms with Gasteiger partial charge in [-0.2, -0.15) is 0 Å². The van der Waals surface area contributed by atoms with Crippen LogP contribution in [0, 0.1) is 5.41 Å². The number of aryl methyl sites for hydroxylation is 1. The maximum Gasteiger partial charge on any atom is 0.0482 e. The van der Waals surface area contributed by atoms with Crippen molar-refractivity contribution in [2.24, 2.45) is 5.41 Å². The molecule has 1 aliphatic carbocycles. The van der Waals surface area contributed by atoms with Crippen molar-refractivity contribution >= 4 is 0 Å². The monoisotopic (exact) mass is 260 g/mol. The standard InChI is InChI=1S/C17H28N2/c1-5-17(3,4)16(18-6-2)14-11-7-9-13-10-8-12-19-15(13)14/h8,10,12,14,16,18H,5-7,9,11H2,1-4H3. The molecule has 2 nitrogen and oxygen atoms in total. The molecular formula is C17H28N2. The maximum absolute atomic E-state index is 4.71. The van der Waals surface area contributed by atoms with E-state index in [1.165, 1.54) is 36.9 Å². The molecule has 0 fully saturated rings. The summed E-state index contributed by atoms with van der Waals surface area (Å²) < 4.78 is 0. The molecule has 19 heavy (non-hydrogen) atoms. The van der Waals surface area contributed by atoms with Crippen molar-refractivity contribution in [1.82, 2.24) is 10.3 Å². The second kappa shape index (κ2) is 6.04. The molecule has 2 atom stereocenters. The highest BCUT2D eigenvalue weighted by molar-refractivity contribution is 5.28. The van der Waals surface area contributed by atoms with Gasteiger partial charge in [0.25, 0.3) is 0 Å². The van der Waals surface area contributed by atoms with Crippen molar-refractivity contribution in [2.75, 3.05) is 6.54 Å². The Labute approximate surface area is 118 Å². The Bertz CT molecular complexity index is 411. The molecule has 0 saturated heterocycles. The largest absolute Gasteiger partial charge is 0.313 e. The van der Waals surface area contributed by atoms with Crippen LogP contribution in [0.25, 0.3) is 0 Å². The van der Waals surface area contributed by atoms with Crippen LogP contribution in [0.1, 0.15) is 64.1 Å². The second-order valence-corrected chi connectivity index (χ2v) is 6.42. The van der Waals surface area contributed by atoms with Crippen LogP contribution in [0.2, 0.25) is 0 Å². The van der Waals surface area contributed by atoms with Crippen LogP contribution in [0.3, 0.4) is 0 Å². The first-order chi connectivity index (χ1) is 9.10. The van der Waals surface area contributed by atoms with Crippen LogP contribution in [0.4, 0.5) is 0 Å². The van der Waals surface area contributed by atoms with E-state index in [9.17, 15) is 0 Å². The Morgan fingerprint density at radius 2 is 2.21 bits per heavy atom. The van der Waals surface area contributed by atoms with Crippen LogP contribution >= 0.6 is 0 Å². The molecule has 2 heteroatoms. The molecule has 0 aromatic carbocycles. The maximum atomic E-state index is 4.71. The summed E-state index contributed by atoms with van der Waals surface area (Å²) in [5, 5.41) is 3.74. The smallest absolute Gasteiger partial charge is 0.0482 e. The topological polar surface area (TPSA) is 24.9 Å². The average Bonchev–Trinajstić information content (AvgIpc) is 2.44. The predicted molar refractivity (Wildman–Crippen MR) is 81.5 cm³/mol. The van der Waals surface area contributed by atoms with E-state index in [0.29, 0.717) is 17.4 Å². The van der Waals surface area contributed by atoms with Gasteiger partial charge in [-0.15, -0.1) is 0 Å². The fourth-order valence-corrected chi connectivity index (χ4v) is 3.37. The van der Waals surface area contributed by atoms with Crippen molar-refractivity contribution in [3.63, 3.8) is 0 Å². The minimum absolute atomic E-state index is 0.312. The first-order valence-electron chi connectivity index (χ1n) is 7.77. The molecule has 1 N–H and O–H groups in total.